The minimum Gasteiger partial charge on any atom is -0.476 e. The molecule has 0 atom stereocenters. The standard InChI is InChI=1S/C14H16N4O3/c1-9(2)10-3-5-11(6-4-10)15-13(19)8-18-7-12(14(20)21)16-17-18/h3-7,9H,8H2,1-2H3,(H,15,19)(H,20,21). The molecule has 2 rings (SSSR count). The maximum absolute atomic E-state index is 11.8. The van der Waals surface area contributed by atoms with Gasteiger partial charge in [-0.1, -0.05) is 31.2 Å². The highest BCUT2D eigenvalue weighted by Crippen LogP contribution is 2.17. The quantitative estimate of drug-likeness (QED) is 0.873. The molecule has 0 fully saturated rings. The molecular formula is C14H16N4O3. The minimum atomic E-state index is -1.18. The Labute approximate surface area is 121 Å². The SMILES string of the molecule is CC(C)c1ccc(NC(=O)Cn2cc(C(=O)O)nn2)cc1. The fraction of sp³-hybridized carbons (Fsp3) is 0.286. The molecule has 0 radical (unpaired) electrons. The van der Waals surface area contributed by atoms with Crippen LogP contribution in [0.1, 0.15) is 35.8 Å². The summed E-state index contributed by atoms with van der Waals surface area (Å²) < 4.78 is 1.18. The summed E-state index contributed by atoms with van der Waals surface area (Å²) in [4.78, 5) is 22.5. The number of amides is 1. The van der Waals surface area contributed by atoms with Crippen LogP contribution in [0.3, 0.4) is 0 Å². The van der Waals surface area contributed by atoms with E-state index in [4.69, 9.17) is 5.11 Å². The molecule has 1 amide bonds. The molecule has 110 valence electrons. The molecule has 1 aromatic heterocycles. The van der Waals surface area contributed by atoms with Gasteiger partial charge in [-0.05, 0) is 23.6 Å². The number of benzene rings is 1. The van der Waals surface area contributed by atoms with E-state index >= 15 is 0 Å². The van der Waals surface area contributed by atoms with Crippen molar-refractivity contribution in [2.24, 2.45) is 0 Å². The molecule has 0 aliphatic carbocycles. The van der Waals surface area contributed by atoms with Gasteiger partial charge in [-0.15, -0.1) is 5.10 Å². The van der Waals surface area contributed by atoms with Crippen molar-refractivity contribution in [2.45, 2.75) is 26.3 Å². The van der Waals surface area contributed by atoms with Crippen LogP contribution in [0, 0.1) is 0 Å². The van der Waals surface area contributed by atoms with Gasteiger partial charge >= 0.3 is 5.97 Å². The van der Waals surface area contributed by atoms with E-state index in [1.807, 2.05) is 24.3 Å². The molecule has 0 saturated carbocycles. The monoisotopic (exact) mass is 288 g/mol. The van der Waals surface area contributed by atoms with E-state index < -0.39 is 5.97 Å². The number of nitrogens with zero attached hydrogens (tertiary/aromatic N) is 3. The van der Waals surface area contributed by atoms with E-state index in [9.17, 15) is 9.59 Å². The van der Waals surface area contributed by atoms with Crippen LogP contribution in [0.5, 0.6) is 0 Å². The number of aromatic nitrogens is 3. The van der Waals surface area contributed by atoms with Crippen LogP contribution < -0.4 is 5.32 Å². The van der Waals surface area contributed by atoms with Crippen molar-refractivity contribution < 1.29 is 14.7 Å². The van der Waals surface area contributed by atoms with Gasteiger partial charge in [-0.3, -0.25) is 4.79 Å². The largest absolute Gasteiger partial charge is 0.476 e. The number of hydrogen-bond donors (Lipinski definition) is 2. The van der Waals surface area contributed by atoms with Gasteiger partial charge in [-0.25, -0.2) is 9.48 Å². The van der Waals surface area contributed by atoms with E-state index in [0.29, 0.717) is 11.6 Å². The lowest BCUT2D eigenvalue weighted by Crippen LogP contribution is -2.19. The number of rotatable bonds is 5. The summed E-state index contributed by atoms with van der Waals surface area (Å²) in [6.07, 6.45) is 1.21. The first-order valence-electron chi connectivity index (χ1n) is 6.49. The third-order valence-corrected chi connectivity index (χ3v) is 2.92. The van der Waals surface area contributed by atoms with Gasteiger partial charge in [0.25, 0.3) is 0 Å². The third-order valence-electron chi connectivity index (χ3n) is 2.92. The van der Waals surface area contributed by atoms with Crippen molar-refractivity contribution in [1.82, 2.24) is 15.0 Å². The summed E-state index contributed by atoms with van der Waals surface area (Å²) in [5.41, 5.74) is 1.68. The number of nitrogens with one attached hydrogen (secondary N) is 1. The first-order chi connectivity index (χ1) is 9.95. The molecule has 0 unspecified atom stereocenters. The zero-order valence-electron chi connectivity index (χ0n) is 11.8. The third kappa shape index (κ3) is 3.88. The van der Waals surface area contributed by atoms with Crippen molar-refractivity contribution in [3.63, 3.8) is 0 Å². The van der Waals surface area contributed by atoms with Crippen molar-refractivity contribution in [1.29, 1.82) is 0 Å². The summed E-state index contributed by atoms with van der Waals surface area (Å²) in [6.45, 7) is 4.10. The molecule has 7 heteroatoms. The summed E-state index contributed by atoms with van der Waals surface area (Å²) >= 11 is 0. The van der Waals surface area contributed by atoms with Crippen LogP contribution in [0.4, 0.5) is 5.69 Å². The highest BCUT2D eigenvalue weighted by Gasteiger charge is 2.10. The second kappa shape index (κ2) is 6.17. The fourth-order valence-corrected chi connectivity index (χ4v) is 1.77. The Bertz CT molecular complexity index is 646. The van der Waals surface area contributed by atoms with Gasteiger partial charge in [-0.2, -0.15) is 0 Å². The number of carboxylic acid groups (broad SMARTS) is 1. The Kier molecular flexibility index (Phi) is 4.32. The highest BCUT2D eigenvalue weighted by molar-refractivity contribution is 5.90. The van der Waals surface area contributed by atoms with Crippen LogP contribution >= 0.6 is 0 Å². The molecule has 21 heavy (non-hydrogen) atoms. The summed E-state index contributed by atoms with van der Waals surface area (Å²) in [5, 5.41) is 18.5. The second-order valence-corrected chi connectivity index (χ2v) is 4.93. The number of carboxylic acids is 1. The Morgan fingerprint density at radius 1 is 1.29 bits per heavy atom. The Morgan fingerprint density at radius 3 is 2.48 bits per heavy atom. The van der Waals surface area contributed by atoms with Gasteiger partial charge in [0.2, 0.25) is 5.91 Å². The first kappa shape index (κ1) is 14.7. The normalized spacial score (nSPS) is 10.6. The van der Waals surface area contributed by atoms with Crippen LogP contribution in [0.25, 0.3) is 0 Å². The zero-order chi connectivity index (χ0) is 15.4. The lowest BCUT2D eigenvalue weighted by atomic mass is 10.0. The number of carbonyl (C=O) groups is 2. The Balaban J connectivity index is 1.96. The minimum absolute atomic E-state index is 0.0911. The van der Waals surface area contributed by atoms with Crippen molar-refractivity contribution in [2.75, 3.05) is 5.32 Å². The van der Waals surface area contributed by atoms with E-state index in [1.165, 1.54) is 16.4 Å². The number of anilines is 1. The molecule has 0 saturated heterocycles. The molecule has 1 aromatic carbocycles. The Hall–Kier alpha value is -2.70. The van der Waals surface area contributed by atoms with Gasteiger partial charge < -0.3 is 10.4 Å². The molecule has 2 N–H and O–H groups in total. The lowest BCUT2D eigenvalue weighted by Gasteiger charge is -2.08. The molecule has 0 aliphatic heterocycles. The van der Waals surface area contributed by atoms with Gasteiger partial charge in [0.15, 0.2) is 5.69 Å². The maximum Gasteiger partial charge on any atom is 0.358 e. The van der Waals surface area contributed by atoms with E-state index in [-0.39, 0.29) is 18.1 Å². The second-order valence-electron chi connectivity index (χ2n) is 4.93. The fourth-order valence-electron chi connectivity index (χ4n) is 1.77. The van der Waals surface area contributed by atoms with Crippen LogP contribution in [-0.4, -0.2) is 32.0 Å². The highest BCUT2D eigenvalue weighted by atomic mass is 16.4. The molecule has 0 bridgehead atoms. The average molecular weight is 288 g/mol. The average Bonchev–Trinajstić information content (AvgIpc) is 2.87. The molecule has 2 aromatic rings. The smallest absolute Gasteiger partial charge is 0.358 e. The lowest BCUT2D eigenvalue weighted by molar-refractivity contribution is -0.116. The van der Waals surface area contributed by atoms with E-state index in [1.54, 1.807) is 0 Å². The first-order valence-corrected chi connectivity index (χ1v) is 6.49. The summed E-state index contributed by atoms with van der Waals surface area (Å²) in [7, 11) is 0. The van der Waals surface area contributed by atoms with Crippen LogP contribution in [0.15, 0.2) is 30.5 Å². The predicted molar refractivity (Wildman–Crippen MR) is 76.1 cm³/mol. The molecule has 0 aliphatic rings. The molecular weight excluding hydrogens is 272 g/mol. The summed E-state index contributed by atoms with van der Waals surface area (Å²) in [5.74, 6) is -1.04. The van der Waals surface area contributed by atoms with E-state index in [0.717, 1.165) is 0 Å². The number of hydrogen-bond acceptors (Lipinski definition) is 4. The van der Waals surface area contributed by atoms with Gasteiger partial charge in [0, 0.05) is 5.69 Å². The maximum atomic E-state index is 11.8. The molecule has 0 spiro atoms. The van der Waals surface area contributed by atoms with Crippen molar-refractivity contribution >= 4 is 17.6 Å². The van der Waals surface area contributed by atoms with Crippen molar-refractivity contribution in [3.8, 4) is 0 Å². The Morgan fingerprint density at radius 2 is 1.95 bits per heavy atom. The molecule has 7 nitrogen and oxygen atoms in total. The topological polar surface area (TPSA) is 97.1 Å². The summed E-state index contributed by atoms with van der Waals surface area (Å²) in [6, 6.07) is 7.57. The number of carbonyl (C=O) groups excluding carboxylic acids is 1. The molecule has 1 heterocycles. The van der Waals surface area contributed by atoms with Crippen LogP contribution in [-0.2, 0) is 11.3 Å². The van der Waals surface area contributed by atoms with Crippen molar-refractivity contribution in [3.05, 3.63) is 41.7 Å². The number of aromatic carboxylic acids is 1. The van der Waals surface area contributed by atoms with Gasteiger partial charge in [0.1, 0.15) is 6.54 Å². The van der Waals surface area contributed by atoms with Crippen LogP contribution in [0.2, 0.25) is 0 Å². The predicted octanol–water partition coefficient (Wildman–Crippen LogP) is 1.74. The zero-order valence-corrected chi connectivity index (χ0v) is 11.8. The van der Waals surface area contributed by atoms with E-state index in [2.05, 4.69) is 29.5 Å². The van der Waals surface area contributed by atoms with Gasteiger partial charge in [0.05, 0.1) is 6.20 Å².